The Bertz CT molecular complexity index is 653. The second-order valence-electron chi connectivity index (χ2n) is 4.84. The Labute approximate surface area is 120 Å². The van der Waals surface area contributed by atoms with Crippen LogP contribution in [0, 0.1) is 6.92 Å². The molecule has 0 radical (unpaired) electrons. The number of carboxylic acids is 1. The first-order chi connectivity index (χ1) is 9.84. The number of hydrogen-bond acceptors (Lipinski definition) is 4. The van der Waals surface area contributed by atoms with E-state index in [0.717, 1.165) is 0 Å². The maximum Gasteiger partial charge on any atom is 0.326 e. The highest BCUT2D eigenvalue weighted by molar-refractivity contribution is 6.23. The van der Waals surface area contributed by atoms with E-state index in [9.17, 15) is 24.3 Å². The molecule has 1 unspecified atom stereocenters. The van der Waals surface area contributed by atoms with E-state index in [1.165, 1.54) is 6.07 Å². The van der Waals surface area contributed by atoms with E-state index in [2.05, 4.69) is 0 Å². The first-order valence-corrected chi connectivity index (χ1v) is 6.33. The second kappa shape index (κ2) is 5.35. The molecule has 0 saturated heterocycles. The maximum absolute atomic E-state index is 12.3. The summed E-state index contributed by atoms with van der Waals surface area (Å²) in [7, 11) is 0. The minimum atomic E-state index is -1.40. The number of carbonyl (C=O) groups is 4. The van der Waals surface area contributed by atoms with Gasteiger partial charge in [0.2, 0.25) is 5.91 Å². The lowest BCUT2D eigenvalue weighted by atomic mass is 10.0. The van der Waals surface area contributed by atoms with Gasteiger partial charge in [-0.1, -0.05) is 12.1 Å². The van der Waals surface area contributed by atoms with Crippen LogP contribution in [0.1, 0.15) is 39.1 Å². The van der Waals surface area contributed by atoms with Crippen LogP contribution in [0.5, 0.6) is 0 Å². The maximum atomic E-state index is 12.3. The molecule has 21 heavy (non-hydrogen) atoms. The third-order valence-electron chi connectivity index (χ3n) is 3.42. The predicted octanol–water partition coefficient (Wildman–Crippen LogP) is 0.310. The topological polar surface area (TPSA) is 118 Å². The van der Waals surface area contributed by atoms with E-state index in [-0.39, 0.29) is 24.0 Å². The molecule has 1 aromatic carbocycles. The highest BCUT2D eigenvalue weighted by atomic mass is 16.4. The van der Waals surface area contributed by atoms with Crippen LogP contribution in [-0.4, -0.2) is 39.7 Å². The number of rotatable bonds is 5. The summed E-state index contributed by atoms with van der Waals surface area (Å²) in [6.45, 7) is 1.67. The second-order valence-corrected chi connectivity index (χ2v) is 4.84. The van der Waals surface area contributed by atoms with Crippen LogP contribution in [0.25, 0.3) is 0 Å². The number of aliphatic carboxylic acids is 1. The first-order valence-electron chi connectivity index (χ1n) is 6.33. The standard InChI is InChI=1S/C14H14N2O5/c1-7-3-2-4-8-11(7)13(19)16(12(8)18)9(14(20)21)5-6-10(15)17/h2-4,9H,5-6H2,1H3,(H2,15,17)(H,20,21). The Hall–Kier alpha value is -2.70. The molecule has 3 amide bonds. The Balaban J connectivity index is 2.38. The Morgan fingerprint density at radius 1 is 1.29 bits per heavy atom. The van der Waals surface area contributed by atoms with Gasteiger partial charge in [-0.05, 0) is 25.0 Å². The van der Waals surface area contributed by atoms with Crippen LogP contribution in [0.15, 0.2) is 18.2 Å². The molecular weight excluding hydrogens is 276 g/mol. The van der Waals surface area contributed by atoms with E-state index >= 15 is 0 Å². The molecule has 1 atom stereocenters. The number of nitrogens with zero attached hydrogens (tertiary/aromatic N) is 1. The van der Waals surface area contributed by atoms with Gasteiger partial charge in [-0.25, -0.2) is 4.79 Å². The van der Waals surface area contributed by atoms with E-state index in [4.69, 9.17) is 5.73 Å². The number of benzene rings is 1. The minimum absolute atomic E-state index is 0.185. The van der Waals surface area contributed by atoms with E-state index in [1.54, 1.807) is 19.1 Å². The first kappa shape index (κ1) is 14.7. The lowest BCUT2D eigenvalue weighted by Gasteiger charge is -2.22. The average molecular weight is 290 g/mol. The summed E-state index contributed by atoms with van der Waals surface area (Å²) in [5.74, 6) is -3.34. The van der Waals surface area contributed by atoms with E-state index in [0.29, 0.717) is 10.5 Å². The Kier molecular flexibility index (Phi) is 3.75. The predicted molar refractivity (Wildman–Crippen MR) is 71.5 cm³/mol. The zero-order valence-corrected chi connectivity index (χ0v) is 11.3. The SMILES string of the molecule is Cc1cccc2c1C(=O)N(C(CCC(N)=O)C(=O)O)C2=O. The van der Waals surface area contributed by atoms with Gasteiger partial charge < -0.3 is 10.8 Å². The van der Waals surface area contributed by atoms with Gasteiger partial charge in [0.15, 0.2) is 0 Å². The average Bonchev–Trinajstić information content (AvgIpc) is 2.64. The minimum Gasteiger partial charge on any atom is -0.480 e. The molecule has 2 rings (SSSR count). The largest absolute Gasteiger partial charge is 0.480 e. The molecule has 0 fully saturated rings. The molecule has 0 saturated carbocycles. The smallest absolute Gasteiger partial charge is 0.326 e. The fraction of sp³-hybridized carbons (Fsp3) is 0.286. The summed E-state index contributed by atoms with van der Waals surface area (Å²) in [4.78, 5) is 47.5. The number of aryl methyl sites for hydroxylation is 1. The molecule has 3 N–H and O–H groups in total. The van der Waals surface area contributed by atoms with Gasteiger partial charge in [0, 0.05) is 6.42 Å². The summed E-state index contributed by atoms with van der Waals surface area (Å²) >= 11 is 0. The Morgan fingerprint density at radius 3 is 2.48 bits per heavy atom. The van der Waals surface area contributed by atoms with Crippen molar-refractivity contribution in [3.63, 3.8) is 0 Å². The molecule has 0 spiro atoms. The number of fused-ring (bicyclic) bond motifs is 1. The van der Waals surface area contributed by atoms with Crippen molar-refractivity contribution in [1.29, 1.82) is 0 Å². The molecule has 1 aliphatic heterocycles. The molecule has 1 aromatic rings. The Morgan fingerprint density at radius 2 is 1.95 bits per heavy atom. The lowest BCUT2D eigenvalue weighted by Crippen LogP contribution is -2.45. The molecule has 7 heteroatoms. The molecule has 0 aromatic heterocycles. The van der Waals surface area contributed by atoms with Gasteiger partial charge in [0.25, 0.3) is 11.8 Å². The summed E-state index contributed by atoms with van der Waals surface area (Å²) in [5.41, 5.74) is 6.00. The molecule has 7 nitrogen and oxygen atoms in total. The van der Waals surface area contributed by atoms with Crippen LogP contribution >= 0.6 is 0 Å². The number of imide groups is 1. The van der Waals surface area contributed by atoms with Crippen molar-refractivity contribution in [3.05, 3.63) is 34.9 Å². The highest BCUT2D eigenvalue weighted by Crippen LogP contribution is 2.28. The fourth-order valence-corrected chi connectivity index (χ4v) is 2.40. The number of carbonyl (C=O) groups excluding carboxylic acids is 3. The van der Waals surface area contributed by atoms with Crippen molar-refractivity contribution in [3.8, 4) is 0 Å². The molecule has 110 valence electrons. The third-order valence-corrected chi connectivity index (χ3v) is 3.42. The zero-order chi connectivity index (χ0) is 15.7. The monoisotopic (exact) mass is 290 g/mol. The van der Waals surface area contributed by atoms with Gasteiger partial charge in [-0.3, -0.25) is 19.3 Å². The summed E-state index contributed by atoms with van der Waals surface area (Å²) in [5, 5.41) is 9.23. The molecular formula is C14H14N2O5. The zero-order valence-electron chi connectivity index (χ0n) is 11.3. The number of carboxylic acid groups (broad SMARTS) is 1. The van der Waals surface area contributed by atoms with E-state index in [1.807, 2.05) is 0 Å². The van der Waals surface area contributed by atoms with Gasteiger partial charge in [0.1, 0.15) is 6.04 Å². The van der Waals surface area contributed by atoms with Crippen LogP contribution in [-0.2, 0) is 9.59 Å². The molecule has 0 aliphatic carbocycles. The van der Waals surface area contributed by atoms with Crippen molar-refractivity contribution in [1.82, 2.24) is 4.90 Å². The normalized spacial score (nSPS) is 15.0. The summed E-state index contributed by atoms with van der Waals surface area (Å²) < 4.78 is 0. The highest BCUT2D eigenvalue weighted by Gasteiger charge is 2.43. The van der Waals surface area contributed by atoms with Crippen LogP contribution in [0.2, 0.25) is 0 Å². The number of hydrogen-bond donors (Lipinski definition) is 2. The van der Waals surface area contributed by atoms with Gasteiger partial charge in [-0.15, -0.1) is 0 Å². The molecule has 0 bridgehead atoms. The van der Waals surface area contributed by atoms with Crippen molar-refractivity contribution >= 4 is 23.7 Å². The van der Waals surface area contributed by atoms with Crippen LogP contribution < -0.4 is 5.73 Å². The molecule has 1 heterocycles. The van der Waals surface area contributed by atoms with Crippen molar-refractivity contribution in [2.45, 2.75) is 25.8 Å². The van der Waals surface area contributed by atoms with Crippen molar-refractivity contribution in [2.75, 3.05) is 0 Å². The lowest BCUT2D eigenvalue weighted by molar-refractivity contribution is -0.141. The fourth-order valence-electron chi connectivity index (χ4n) is 2.40. The van der Waals surface area contributed by atoms with Gasteiger partial charge >= 0.3 is 5.97 Å². The number of primary amides is 1. The van der Waals surface area contributed by atoms with Gasteiger partial charge in [0.05, 0.1) is 11.1 Å². The van der Waals surface area contributed by atoms with Crippen LogP contribution in [0.4, 0.5) is 0 Å². The number of amides is 3. The van der Waals surface area contributed by atoms with E-state index < -0.39 is 29.7 Å². The van der Waals surface area contributed by atoms with Crippen molar-refractivity contribution in [2.24, 2.45) is 5.73 Å². The number of nitrogens with two attached hydrogens (primary N) is 1. The summed E-state index contributed by atoms with van der Waals surface area (Å²) in [6, 6.07) is 3.38. The molecule has 1 aliphatic rings. The summed E-state index contributed by atoms with van der Waals surface area (Å²) in [6.07, 6.45) is -0.418. The third kappa shape index (κ3) is 2.49. The van der Waals surface area contributed by atoms with Crippen molar-refractivity contribution < 1.29 is 24.3 Å². The van der Waals surface area contributed by atoms with Crippen LogP contribution in [0.3, 0.4) is 0 Å². The van der Waals surface area contributed by atoms with Gasteiger partial charge in [-0.2, -0.15) is 0 Å². The quantitative estimate of drug-likeness (QED) is 0.757.